The first-order valence-corrected chi connectivity index (χ1v) is 6.77. The zero-order chi connectivity index (χ0) is 12.7. The van der Waals surface area contributed by atoms with Gasteiger partial charge in [0.15, 0.2) is 0 Å². The van der Waals surface area contributed by atoms with Crippen LogP contribution in [0.4, 0.5) is 5.69 Å². The van der Waals surface area contributed by atoms with E-state index in [-0.39, 0.29) is 0 Å². The molecule has 0 saturated carbocycles. The molecule has 1 aromatic carbocycles. The molecule has 0 heterocycles. The van der Waals surface area contributed by atoms with Crippen molar-refractivity contribution in [3.8, 4) is 0 Å². The SMILES string of the molecule is CCCCN(C)c1c(Cl)cccc1CNCC. The first-order valence-electron chi connectivity index (χ1n) is 6.39. The molecule has 0 amide bonds. The lowest BCUT2D eigenvalue weighted by Gasteiger charge is -2.23. The lowest BCUT2D eigenvalue weighted by Crippen LogP contribution is -2.22. The van der Waals surface area contributed by atoms with Crippen LogP contribution >= 0.6 is 11.6 Å². The Hall–Kier alpha value is -0.730. The van der Waals surface area contributed by atoms with E-state index in [1.165, 1.54) is 24.1 Å². The van der Waals surface area contributed by atoms with Crippen molar-refractivity contribution in [2.75, 3.05) is 25.0 Å². The van der Waals surface area contributed by atoms with Gasteiger partial charge in [0.25, 0.3) is 0 Å². The van der Waals surface area contributed by atoms with Crippen LogP contribution in [0, 0.1) is 0 Å². The number of unbranched alkanes of at least 4 members (excludes halogenated alkanes) is 1. The number of rotatable bonds is 7. The molecule has 2 nitrogen and oxygen atoms in total. The van der Waals surface area contributed by atoms with Gasteiger partial charge in [-0.15, -0.1) is 0 Å². The van der Waals surface area contributed by atoms with Gasteiger partial charge in [0.05, 0.1) is 10.7 Å². The summed E-state index contributed by atoms with van der Waals surface area (Å²) in [6.07, 6.45) is 2.40. The fraction of sp³-hybridized carbons (Fsp3) is 0.571. The molecule has 0 atom stereocenters. The number of para-hydroxylation sites is 1. The highest BCUT2D eigenvalue weighted by atomic mass is 35.5. The average molecular weight is 255 g/mol. The van der Waals surface area contributed by atoms with Crippen LogP contribution in [0.15, 0.2) is 18.2 Å². The summed E-state index contributed by atoms with van der Waals surface area (Å²) < 4.78 is 0. The molecule has 0 bridgehead atoms. The van der Waals surface area contributed by atoms with Crippen LogP contribution in [0.5, 0.6) is 0 Å². The Morgan fingerprint density at radius 3 is 2.71 bits per heavy atom. The van der Waals surface area contributed by atoms with Crippen LogP contribution in [0.3, 0.4) is 0 Å². The number of hydrogen-bond acceptors (Lipinski definition) is 2. The summed E-state index contributed by atoms with van der Waals surface area (Å²) in [4.78, 5) is 2.26. The quantitative estimate of drug-likeness (QED) is 0.799. The first kappa shape index (κ1) is 14.3. The van der Waals surface area contributed by atoms with E-state index >= 15 is 0 Å². The van der Waals surface area contributed by atoms with Crippen molar-refractivity contribution in [3.63, 3.8) is 0 Å². The number of nitrogens with one attached hydrogen (secondary N) is 1. The van der Waals surface area contributed by atoms with Gasteiger partial charge >= 0.3 is 0 Å². The Kier molecular flexibility index (Phi) is 6.38. The number of halogens is 1. The van der Waals surface area contributed by atoms with Crippen molar-refractivity contribution >= 4 is 17.3 Å². The Morgan fingerprint density at radius 2 is 2.06 bits per heavy atom. The highest BCUT2D eigenvalue weighted by molar-refractivity contribution is 6.33. The van der Waals surface area contributed by atoms with Gasteiger partial charge in [-0.3, -0.25) is 0 Å². The molecule has 96 valence electrons. The van der Waals surface area contributed by atoms with Crippen molar-refractivity contribution < 1.29 is 0 Å². The van der Waals surface area contributed by atoms with Gasteiger partial charge in [-0.2, -0.15) is 0 Å². The molecule has 0 aliphatic rings. The van der Waals surface area contributed by atoms with Crippen molar-refractivity contribution in [3.05, 3.63) is 28.8 Å². The van der Waals surface area contributed by atoms with Gasteiger partial charge in [-0.1, -0.05) is 44.0 Å². The zero-order valence-corrected chi connectivity index (χ0v) is 11.8. The second-order valence-electron chi connectivity index (χ2n) is 4.30. The summed E-state index contributed by atoms with van der Waals surface area (Å²) in [6, 6.07) is 6.13. The fourth-order valence-electron chi connectivity index (χ4n) is 1.90. The maximum absolute atomic E-state index is 6.31. The number of anilines is 1. The van der Waals surface area contributed by atoms with Gasteiger partial charge < -0.3 is 10.2 Å². The molecule has 17 heavy (non-hydrogen) atoms. The van der Waals surface area contributed by atoms with Crippen LogP contribution in [-0.2, 0) is 6.54 Å². The normalized spacial score (nSPS) is 10.6. The van der Waals surface area contributed by atoms with Gasteiger partial charge in [0.2, 0.25) is 0 Å². The third-order valence-corrected chi connectivity index (χ3v) is 3.17. The van der Waals surface area contributed by atoms with E-state index in [4.69, 9.17) is 11.6 Å². The predicted octanol–water partition coefficient (Wildman–Crippen LogP) is 3.69. The molecule has 0 fully saturated rings. The fourth-order valence-corrected chi connectivity index (χ4v) is 2.24. The third-order valence-electron chi connectivity index (χ3n) is 2.86. The van der Waals surface area contributed by atoms with E-state index in [9.17, 15) is 0 Å². The van der Waals surface area contributed by atoms with Gasteiger partial charge in [0, 0.05) is 20.1 Å². The lowest BCUT2D eigenvalue weighted by atomic mass is 10.1. The van der Waals surface area contributed by atoms with E-state index in [2.05, 4.69) is 37.2 Å². The summed E-state index contributed by atoms with van der Waals surface area (Å²) >= 11 is 6.31. The molecule has 0 radical (unpaired) electrons. The van der Waals surface area contributed by atoms with Crippen LogP contribution in [0.2, 0.25) is 5.02 Å². The highest BCUT2D eigenvalue weighted by Gasteiger charge is 2.10. The monoisotopic (exact) mass is 254 g/mol. The summed E-state index contributed by atoms with van der Waals surface area (Å²) in [5.74, 6) is 0. The summed E-state index contributed by atoms with van der Waals surface area (Å²) in [5.41, 5.74) is 2.45. The van der Waals surface area contributed by atoms with Crippen molar-refractivity contribution in [2.24, 2.45) is 0 Å². The molecule has 1 rings (SSSR count). The Bertz CT molecular complexity index is 339. The van der Waals surface area contributed by atoms with Crippen LogP contribution in [0.25, 0.3) is 0 Å². The Balaban J connectivity index is 2.85. The van der Waals surface area contributed by atoms with E-state index < -0.39 is 0 Å². The average Bonchev–Trinajstić information content (AvgIpc) is 2.33. The molecule has 0 spiro atoms. The molecule has 0 aliphatic carbocycles. The molecule has 0 saturated heterocycles. The van der Waals surface area contributed by atoms with Gasteiger partial charge in [-0.25, -0.2) is 0 Å². The van der Waals surface area contributed by atoms with Crippen LogP contribution in [-0.4, -0.2) is 20.1 Å². The Morgan fingerprint density at radius 1 is 1.29 bits per heavy atom. The second kappa shape index (κ2) is 7.57. The van der Waals surface area contributed by atoms with Crippen LogP contribution < -0.4 is 10.2 Å². The Labute approximate surface area is 110 Å². The van der Waals surface area contributed by atoms with Crippen molar-refractivity contribution in [1.82, 2.24) is 5.32 Å². The van der Waals surface area contributed by atoms with Crippen LogP contribution in [0.1, 0.15) is 32.3 Å². The lowest BCUT2D eigenvalue weighted by molar-refractivity contribution is 0.717. The number of nitrogens with zero attached hydrogens (tertiary/aromatic N) is 1. The van der Waals surface area contributed by atoms with E-state index in [1.807, 2.05) is 12.1 Å². The smallest absolute Gasteiger partial charge is 0.0642 e. The van der Waals surface area contributed by atoms with E-state index in [0.717, 1.165) is 24.7 Å². The van der Waals surface area contributed by atoms with E-state index in [1.54, 1.807) is 0 Å². The zero-order valence-electron chi connectivity index (χ0n) is 11.1. The third kappa shape index (κ3) is 4.21. The summed E-state index contributed by atoms with van der Waals surface area (Å²) in [7, 11) is 2.12. The molecular weight excluding hydrogens is 232 g/mol. The standard InChI is InChI=1S/C14H23ClN2/c1-4-6-10-17(3)14-12(11-16-5-2)8-7-9-13(14)15/h7-9,16H,4-6,10-11H2,1-3H3. The maximum Gasteiger partial charge on any atom is 0.0642 e. The largest absolute Gasteiger partial charge is 0.373 e. The second-order valence-corrected chi connectivity index (χ2v) is 4.71. The van der Waals surface area contributed by atoms with Gasteiger partial charge in [-0.05, 0) is 24.6 Å². The molecule has 1 aromatic rings. The molecule has 3 heteroatoms. The van der Waals surface area contributed by atoms with Crippen molar-refractivity contribution in [1.29, 1.82) is 0 Å². The number of hydrogen-bond donors (Lipinski definition) is 1. The first-order chi connectivity index (χ1) is 8.20. The minimum absolute atomic E-state index is 0.846. The van der Waals surface area contributed by atoms with E-state index in [0.29, 0.717) is 0 Å². The molecule has 1 N–H and O–H groups in total. The molecule has 0 aromatic heterocycles. The molecular formula is C14H23ClN2. The maximum atomic E-state index is 6.31. The summed E-state index contributed by atoms with van der Waals surface area (Å²) in [5, 5.41) is 4.20. The highest BCUT2D eigenvalue weighted by Crippen LogP contribution is 2.29. The minimum atomic E-state index is 0.846. The minimum Gasteiger partial charge on any atom is -0.373 e. The molecule has 0 aliphatic heterocycles. The predicted molar refractivity (Wildman–Crippen MR) is 77.0 cm³/mol. The van der Waals surface area contributed by atoms with Crippen molar-refractivity contribution in [2.45, 2.75) is 33.2 Å². The molecule has 0 unspecified atom stereocenters. The van der Waals surface area contributed by atoms with Gasteiger partial charge in [0.1, 0.15) is 0 Å². The summed E-state index contributed by atoms with van der Waals surface area (Å²) in [6.45, 7) is 7.23. The number of benzene rings is 1. The topological polar surface area (TPSA) is 15.3 Å².